The monoisotopic (exact) mass is 292 g/mol. The van der Waals surface area contributed by atoms with E-state index >= 15 is 0 Å². The predicted octanol–water partition coefficient (Wildman–Crippen LogP) is 3.63. The maximum Gasteiger partial charge on any atom is 0.127 e. The molecule has 0 amide bonds. The van der Waals surface area contributed by atoms with Gasteiger partial charge in [0.15, 0.2) is 0 Å². The van der Waals surface area contributed by atoms with Crippen molar-refractivity contribution in [1.82, 2.24) is 10.2 Å². The minimum absolute atomic E-state index is 0.122. The molecule has 1 heterocycles. The molecule has 1 N–H and O–H groups in total. The quantitative estimate of drug-likeness (QED) is 0.838. The van der Waals surface area contributed by atoms with Gasteiger partial charge in [0, 0.05) is 30.1 Å². The van der Waals surface area contributed by atoms with Crippen LogP contribution < -0.4 is 5.32 Å². The van der Waals surface area contributed by atoms with Crippen LogP contribution in [0.4, 0.5) is 4.39 Å². The molecule has 0 fully saturated rings. The maximum absolute atomic E-state index is 13.9. The fraction of sp³-hybridized carbons (Fsp3) is 0.375. The first kappa shape index (κ1) is 15.2. The second-order valence-corrected chi connectivity index (χ2v) is 5.99. The molecule has 0 radical (unpaired) electrons. The van der Waals surface area contributed by atoms with E-state index < -0.39 is 0 Å². The Bertz CT molecular complexity index is 525. The van der Waals surface area contributed by atoms with Crippen LogP contribution in [0.15, 0.2) is 35.7 Å². The molecule has 20 heavy (non-hydrogen) atoms. The maximum atomic E-state index is 13.9. The molecule has 2 aromatic rings. The van der Waals surface area contributed by atoms with Crippen molar-refractivity contribution in [3.63, 3.8) is 0 Å². The molecule has 2 rings (SSSR count). The predicted molar refractivity (Wildman–Crippen MR) is 83.3 cm³/mol. The van der Waals surface area contributed by atoms with Crippen molar-refractivity contribution in [1.29, 1.82) is 0 Å². The van der Waals surface area contributed by atoms with E-state index in [-0.39, 0.29) is 5.82 Å². The second-order valence-electron chi connectivity index (χ2n) is 4.96. The molecule has 1 aromatic heterocycles. The topological polar surface area (TPSA) is 15.3 Å². The average molecular weight is 292 g/mol. The van der Waals surface area contributed by atoms with Crippen molar-refractivity contribution in [3.8, 4) is 0 Å². The zero-order valence-electron chi connectivity index (χ0n) is 12.0. The number of rotatable bonds is 7. The van der Waals surface area contributed by atoms with Crippen LogP contribution in [0.5, 0.6) is 0 Å². The fourth-order valence-corrected chi connectivity index (χ4v) is 2.93. The fourth-order valence-electron chi connectivity index (χ4n) is 2.14. The van der Waals surface area contributed by atoms with Gasteiger partial charge in [0.25, 0.3) is 0 Å². The van der Waals surface area contributed by atoms with Crippen LogP contribution in [-0.2, 0) is 19.6 Å². The summed E-state index contributed by atoms with van der Waals surface area (Å²) in [5, 5.41) is 5.34. The summed E-state index contributed by atoms with van der Waals surface area (Å²) in [5.74, 6) is -0.122. The lowest BCUT2D eigenvalue weighted by atomic mass is 10.1. The number of nitrogens with zero attached hydrogens (tertiary/aromatic N) is 1. The highest BCUT2D eigenvalue weighted by atomic mass is 32.1. The van der Waals surface area contributed by atoms with Crippen LogP contribution in [0.25, 0.3) is 0 Å². The van der Waals surface area contributed by atoms with Gasteiger partial charge in [0.05, 0.1) is 0 Å². The van der Waals surface area contributed by atoms with Gasteiger partial charge in [-0.1, -0.05) is 25.1 Å². The summed E-state index contributed by atoms with van der Waals surface area (Å²) in [6, 6.07) is 9.54. The van der Waals surface area contributed by atoms with Crippen LogP contribution in [0.1, 0.15) is 22.9 Å². The van der Waals surface area contributed by atoms with Crippen molar-refractivity contribution in [2.24, 2.45) is 0 Å². The lowest BCUT2D eigenvalue weighted by molar-refractivity contribution is 0.316. The van der Waals surface area contributed by atoms with Crippen LogP contribution in [0.3, 0.4) is 0 Å². The third-order valence-electron chi connectivity index (χ3n) is 3.14. The van der Waals surface area contributed by atoms with Crippen molar-refractivity contribution >= 4 is 11.3 Å². The van der Waals surface area contributed by atoms with Gasteiger partial charge in [-0.25, -0.2) is 4.39 Å². The Morgan fingerprint density at radius 1 is 1.25 bits per heavy atom. The summed E-state index contributed by atoms with van der Waals surface area (Å²) >= 11 is 1.73. The normalized spacial score (nSPS) is 11.2. The number of nitrogens with one attached hydrogen (secondary N) is 1. The molecular weight excluding hydrogens is 271 g/mol. The summed E-state index contributed by atoms with van der Waals surface area (Å²) in [7, 11) is 2.02. The van der Waals surface area contributed by atoms with E-state index in [4.69, 9.17) is 0 Å². The zero-order chi connectivity index (χ0) is 14.4. The molecule has 1 aromatic carbocycles. The Hall–Kier alpha value is -1.23. The number of hydrogen-bond acceptors (Lipinski definition) is 3. The number of hydrogen-bond donors (Lipinski definition) is 1. The number of halogens is 1. The lowest BCUT2D eigenvalue weighted by Crippen LogP contribution is -2.18. The van der Waals surface area contributed by atoms with Crippen LogP contribution in [0.2, 0.25) is 0 Å². The molecule has 0 spiro atoms. The zero-order valence-corrected chi connectivity index (χ0v) is 12.8. The summed E-state index contributed by atoms with van der Waals surface area (Å²) in [5.41, 5.74) is 1.90. The van der Waals surface area contributed by atoms with Crippen molar-refractivity contribution < 1.29 is 4.39 Å². The smallest absolute Gasteiger partial charge is 0.127 e. The highest BCUT2D eigenvalue weighted by Gasteiger charge is 2.08. The van der Waals surface area contributed by atoms with E-state index in [9.17, 15) is 4.39 Å². The van der Waals surface area contributed by atoms with E-state index in [0.29, 0.717) is 6.54 Å². The van der Waals surface area contributed by atoms with Crippen LogP contribution in [-0.4, -0.2) is 18.5 Å². The third-order valence-corrected chi connectivity index (χ3v) is 4.00. The number of thiophene rings is 1. The van der Waals surface area contributed by atoms with Gasteiger partial charge in [-0.2, -0.15) is 0 Å². The molecule has 0 aliphatic rings. The molecule has 0 bridgehead atoms. The highest BCUT2D eigenvalue weighted by molar-refractivity contribution is 7.09. The van der Waals surface area contributed by atoms with E-state index in [1.807, 2.05) is 25.2 Å². The molecule has 0 saturated carbocycles. The summed E-state index contributed by atoms with van der Waals surface area (Å²) in [4.78, 5) is 3.44. The largest absolute Gasteiger partial charge is 0.313 e. The minimum Gasteiger partial charge on any atom is -0.313 e. The first-order chi connectivity index (χ1) is 9.69. The van der Waals surface area contributed by atoms with Gasteiger partial charge in [-0.05, 0) is 36.7 Å². The molecule has 0 atom stereocenters. The summed E-state index contributed by atoms with van der Waals surface area (Å²) in [6.07, 6.45) is 0. The lowest BCUT2D eigenvalue weighted by Gasteiger charge is -2.17. The molecule has 0 aliphatic heterocycles. The summed E-state index contributed by atoms with van der Waals surface area (Å²) in [6.45, 7) is 5.26. The van der Waals surface area contributed by atoms with Gasteiger partial charge in [0.2, 0.25) is 0 Å². The summed E-state index contributed by atoms with van der Waals surface area (Å²) < 4.78 is 13.9. The van der Waals surface area contributed by atoms with Gasteiger partial charge in [-0.3, -0.25) is 4.90 Å². The van der Waals surface area contributed by atoms with Crippen LogP contribution in [0, 0.1) is 5.82 Å². The van der Waals surface area contributed by atoms with E-state index in [1.54, 1.807) is 17.4 Å². The van der Waals surface area contributed by atoms with Gasteiger partial charge >= 0.3 is 0 Å². The Morgan fingerprint density at radius 2 is 2.10 bits per heavy atom. The van der Waals surface area contributed by atoms with Gasteiger partial charge in [0.1, 0.15) is 5.82 Å². The van der Waals surface area contributed by atoms with Crippen molar-refractivity contribution in [3.05, 3.63) is 57.5 Å². The van der Waals surface area contributed by atoms with E-state index in [2.05, 4.69) is 28.6 Å². The Morgan fingerprint density at radius 3 is 2.80 bits per heavy atom. The Kier molecular flexibility index (Phi) is 5.71. The molecule has 0 aliphatic carbocycles. The Labute approximate surface area is 124 Å². The molecule has 4 heteroatoms. The molecule has 2 nitrogen and oxygen atoms in total. The van der Waals surface area contributed by atoms with Crippen molar-refractivity contribution in [2.75, 3.05) is 13.6 Å². The Balaban J connectivity index is 2.00. The molecular formula is C16H21FN2S. The van der Waals surface area contributed by atoms with Gasteiger partial charge in [-0.15, -0.1) is 11.3 Å². The molecule has 0 unspecified atom stereocenters. The molecule has 0 saturated heterocycles. The molecule has 108 valence electrons. The standard InChI is InChI=1S/C16H21FN2S/c1-3-18-10-13-6-7-16(17)14(9-13)11-19(2)12-15-5-4-8-20-15/h4-9,18H,3,10-12H2,1-2H3. The van der Waals surface area contributed by atoms with Crippen molar-refractivity contribution in [2.45, 2.75) is 26.6 Å². The van der Waals surface area contributed by atoms with Gasteiger partial charge < -0.3 is 5.32 Å². The SMILES string of the molecule is CCNCc1ccc(F)c(CN(C)Cc2cccs2)c1. The van der Waals surface area contributed by atoms with E-state index in [0.717, 1.165) is 30.8 Å². The minimum atomic E-state index is -0.122. The third kappa shape index (κ3) is 4.40. The van der Waals surface area contributed by atoms with Crippen LogP contribution >= 0.6 is 11.3 Å². The highest BCUT2D eigenvalue weighted by Crippen LogP contribution is 2.16. The first-order valence-corrected chi connectivity index (χ1v) is 7.76. The number of benzene rings is 1. The second kappa shape index (κ2) is 7.53. The average Bonchev–Trinajstić information content (AvgIpc) is 2.92. The van der Waals surface area contributed by atoms with E-state index in [1.165, 1.54) is 4.88 Å². The first-order valence-electron chi connectivity index (χ1n) is 6.88.